The summed E-state index contributed by atoms with van der Waals surface area (Å²) >= 11 is 0. The van der Waals surface area contributed by atoms with E-state index in [9.17, 15) is 14.0 Å². The van der Waals surface area contributed by atoms with Gasteiger partial charge in [0.25, 0.3) is 5.91 Å². The molecule has 1 rings (SSSR count). The minimum Gasteiger partial charge on any atom is -0.467 e. The van der Waals surface area contributed by atoms with Gasteiger partial charge in [-0.25, -0.2) is 9.18 Å². The van der Waals surface area contributed by atoms with Crippen molar-refractivity contribution in [2.75, 3.05) is 7.11 Å². The summed E-state index contributed by atoms with van der Waals surface area (Å²) in [5.74, 6) is -1.84. The summed E-state index contributed by atoms with van der Waals surface area (Å²) in [6.45, 7) is 5.50. The van der Waals surface area contributed by atoms with Crippen LogP contribution in [-0.4, -0.2) is 25.0 Å². The van der Waals surface area contributed by atoms with E-state index >= 15 is 0 Å². The maximum atomic E-state index is 13.7. The first kappa shape index (κ1) is 16.1. The fourth-order valence-electron chi connectivity index (χ4n) is 1.83. The van der Waals surface area contributed by atoms with Gasteiger partial charge in [-0.3, -0.25) is 4.79 Å². The Labute approximate surface area is 118 Å². The Morgan fingerprint density at radius 1 is 1.40 bits per heavy atom. The van der Waals surface area contributed by atoms with Gasteiger partial charge in [-0.05, 0) is 25.0 Å². The first-order valence-electron chi connectivity index (χ1n) is 6.55. The number of carbonyl (C=O) groups is 2. The molecule has 110 valence electrons. The second kappa shape index (κ2) is 7.03. The van der Waals surface area contributed by atoms with Crippen molar-refractivity contribution < 1.29 is 18.7 Å². The van der Waals surface area contributed by atoms with Crippen molar-refractivity contribution in [3.63, 3.8) is 0 Å². The molecule has 2 unspecified atom stereocenters. The smallest absolute Gasteiger partial charge is 0.328 e. The van der Waals surface area contributed by atoms with Crippen LogP contribution in [0, 0.1) is 18.7 Å². The Hall–Kier alpha value is -1.91. The quantitative estimate of drug-likeness (QED) is 0.843. The number of benzene rings is 1. The maximum absolute atomic E-state index is 13.7. The molecule has 1 N–H and O–H groups in total. The number of rotatable bonds is 5. The van der Waals surface area contributed by atoms with Crippen LogP contribution in [0.15, 0.2) is 18.2 Å². The molecule has 5 heteroatoms. The zero-order valence-electron chi connectivity index (χ0n) is 12.2. The molecule has 0 saturated heterocycles. The van der Waals surface area contributed by atoms with E-state index < -0.39 is 23.7 Å². The lowest BCUT2D eigenvalue weighted by Crippen LogP contribution is -2.45. The molecular formula is C15H20FNO3. The third kappa shape index (κ3) is 3.79. The highest BCUT2D eigenvalue weighted by Crippen LogP contribution is 2.13. The van der Waals surface area contributed by atoms with Gasteiger partial charge < -0.3 is 10.1 Å². The molecule has 0 saturated carbocycles. The molecule has 0 radical (unpaired) electrons. The number of methoxy groups -OCH3 is 1. The van der Waals surface area contributed by atoms with Gasteiger partial charge in [0, 0.05) is 0 Å². The Balaban J connectivity index is 2.96. The summed E-state index contributed by atoms with van der Waals surface area (Å²) in [7, 11) is 1.26. The number of carbonyl (C=O) groups excluding carboxylic acids is 2. The van der Waals surface area contributed by atoms with Crippen molar-refractivity contribution in [2.45, 2.75) is 33.2 Å². The summed E-state index contributed by atoms with van der Waals surface area (Å²) in [6.07, 6.45) is 0.691. The monoisotopic (exact) mass is 281 g/mol. The molecule has 0 aromatic heterocycles. The zero-order chi connectivity index (χ0) is 15.3. The Morgan fingerprint density at radius 3 is 2.60 bits per heavy atom. The molecule has 2 atom stereocenters. The minimum absolute atomic E-state index is 0.0674. The first-order chi connectivity index (χ1) is 9.40. The van der Waals surface area contributed by atoms with Gasteiger partial charge in [0.05, 0.1) is 12.7 Å². The number of hydrogen-bond donors (Lipinski definition) is 1. The van der Waals surface area contributed by atoms with Crippen LogP contribution in [-0.2, 0) is 9.53 Å². The lowest BCUT2D eigenvalue weighted by atomic mass is 9.98. The van der Waals surface area contributed by atoms with Gasteiger partial charge in [-0.15, -0.1) is 0 Å². The molecule has 4 nitrogen and oxygen atoms in total. The topological polar surface area (TPSA) is 55.4 Å². The van der Waals surface area contributed by atoms with Gasteiger partial charge >= 0.3 is 5.97 Å². The van der Waals surface area contributed by atoms with E-state index in [1.165, 1.54) is 19.2 Å². The minimum atomic E-state index is -0.780. The van der Waals surface area contributed by atoms with Crippen LogP contribution in [0.4, 0.5) is 4.39 Å². The lowest BCUT2D eigenvalue weighted by molar-refractivity contribution is -0.144. The molecule has 0 spiro atoms. The van der Waals surface area contributed by atoms with Gasteiger partial charge in [0.1, 0.15) is 11.9 Å². The second-order valence-electron chi connectivity index (χ2n) is 4.84. The standard InChI is InChI=1S/C15H20FNO3/c1-5-10(3)13(15(19)20-4)17-14(18)11-8-9(2)6-7-12(11)16/h6-8,10,13H,5H2,1-4H3,(H,17,18). The number of nitrogens with one attached hydrogen (secondary N) is 1. The van der Waals surface area contributed by atoms with Gasteiger partial charge in [0.15, 0.2) is 0 Å². The molecule has 1 aromatic carbocycles. The van der Waals surface area contributed by atoms with E-state index in [4.69, 9.17) is 0 Å². The fourth-order valence-corrected chi connectivity index (χ4v) is 1.83. The number of ether oxygens (including phenoxy) is 1. The van der Waals surface area contributed by atoms with E-state index in [-0.39, 0.29) is 11.5 Å². The number of hydrogen-bond acceptors (Lipinski definition) is 3. The van der Waals surface area contributed by atoms with Crippen LogP contribution < -0.4 is 5.32 Å². The van der Waals surface area contributed by atoms with Crippen LogP contribution in [0.3, 0.4) is 0 Å². The normalized spacial score (nSPS) is 13.4. The molecule has 0 heterocycles. The number of esters is 1. The highest BCUT2D eigenvalue weighted by atomic mass is 19.1. The molecule has 0 bridgehead atoms. The van der Waals surface area contributed by atoms with E-state index in [2.05, 4.69) is 10.1 Å². The number of halogens is 1. The molecular weight excluding hydrogens is 261 g/mol. The summed E-state index contributed by atoms with van der Waals surface area (Å²) in [5.41, 5.74) is 0.705. The Bertz CT molecular complexity index is 502. The molecule has 0 aliphatic carbocycles. The van der Waals surface area contributed by atoms with Crippen LogP contribution in [0.2, 0.25) is 0 Å². The van der Waals surface area contributed by atoms with Crippen molar-refractivity contribution in [3.8, 4) is 0 Å². The van der Waals surface area contributed by atoms with Crippen molar-refractivity contribution in [1.29, 1.82) is 0 Å². The third-order valence-corrected chi connectivity index (χ3v) is 3.32. The summed E-state index contributed by atoms with van der Waals surface area (Å²) in [6, 6.07) is 3.49. The second-order valence-corrected chi connectivity index (χ2v) is 4.84. The zero-order valence-corrected chi connectivity index (χ0v) is 12.2. The average Bonchev–Trinajstić information content (AvgIpc) is 2.45. The predicted octanol–water partition coefficient (Wildman–Crippen LogP) is 2.45. The summed E-state index contributed by atoms with van der Waals surface area (Å²) in [4.78, 5) is 23.8. The summed E-state index contributed by atoms with van der Waals surface area (Å²) in [5, 5.41) is 2.55. The van der Waals surface area contributed by atoms with Crippen molar-refractivity contribution in [1.82, 2.24) is 5.32 Å². The SMILES string of the molecule is CCC(C)C(NC(=O)c1cc(C)ccc1F)C(=O)OC. The predicted molar refractivity (Wildman–Crippen MR) is 73.9 cm³/mol. The van der Waals surface area contributed by atoms with Crippen LogP contribution in [0.5, 0.6) is 0 Å². The largest absolute Gasteiger partial charge is 0.467 e. The van der Waals surface area contributed by atoms with E-state index in [1.807, 2.05) is 13.8 Å². The van der Waals surface area contributed by atoms with Crippen molar-refractivity contribution >= 4 is 11.9 Å². The molecule has 1 aromatic rings. The van der Waals surface area contributed by atoms with E-state index in [0.717, 1.165) is 5.56 Å². The highest BCUT2D eigenvalue weighted by molar-refractivity contribution is 5.97. The van der Waals surface area contributed by atoms with Gasteiger partial charge in [0.2, 0.25) is 0 Å². The van der Waals surface area contributed by atoms with Crippen molar-refractivity contribution in [3.05, 3.63) is 35.1 Å². The van der Waals surface area contributed by atoms with Crippen LogP contribution >= 0.6 is 0 Å². The Morgan fingerprint density at radius 2 is 2.05 bits per heavy atom. The first-order valence-corrected chi connectivity index (χ1v) is 6.55. The molecule has 20 heavy (non-hydrogen) atoms. The van der Waals surface area contributed by atoms with Crippen LogP contribution in [0.1, 0.15) is 36.2 Å². The molecule has 0 aliphatic heterocycles. The molecule has 0 fully saturated rings. The number of amides is 1. The fraction of sp³-hybridized carbons (Fsp3) is 0.467. The van der Waals surface area contributed by atoms with E-state index in [0.29, 0.717) is 6.42 Å². The van der Waals surface area contributed by atoms with Gasteiger partial charge in [-0.1, -0.05) is 31.9 Å². The Kier molecular flexibility index (Phi) is 5.67. The maximum Gasteiger partial charge on any atom is 0.328 e. The third-order valence-electron chi connectivity index (χ3n) is 3.32. The van der Waals surface area contributed by atoms with Crippen LogP contribution in [0.25, 0.3) is 0 Å². The van der Waals surface area contributed by atoms with E-state index in [1.54, 1.807) is 13.0 Å². The summed E-state index contributed by atoms with van der Waals surface area (Å²) < 4.78 is 18.3. The lowest BCUT2D eigenvalue weighted by Gasteiger charge is -2.22. The van der Waals surface area contributed by atoms with Crippen molar-refractivity contribution in [2.24, 2.45) is 5.92 Å². The molecule has 1 amide bonds. The number of aryl methyl sites for hydroxylation is 1. The highest BCUT2D eigenvalue weighted by Gasteiger charge is 2.27. The average molecular weight is 281 g/mol. The molecule has 0 aliphatic rings. The van der Waals surface area contributed by atoms with Gasteiger partial charge in [-0.2, -0.15) is 0 Å².